The van der Waals surface area contributed by atoms with E-state index in [0.717, 1.165) is 0 Å². The van der Waals surface area contributed by atoms with E-state index >= 15 is 0 Å². The van der Waals surface area contributed by atoms with E-state index in [1.54, 1.807) is 0 Å². The standard InChI is InChI=1S/C12H8F18O3S.Li/c13-4(2-1-3-5(14,15)16)6(17,18)7(19,20)8(21,22)9(23,24)10(25,26)11(27,28)12(29,30)34(31,32)33;/h4H,1-3H2,(H,31,32,33);/q;+1/p-1. The van der Waals surface area contributed by atoms with Gasteiger partial charge >= 0.3 is 65.8 Å². The van der Waals surface area contributed by atoms with Crippen molar-refractivity contribution in [3.8, 4) is 0 Å². The van der Waals surface area contributed by atoms with Crippen molar-refractivity contribution in [3.05, 3.63) is 0 Å². The van der Waals surface area contributed by atoms with Crippen molar-refractivity contribution < 1.29 is 111 Å². The smallest absolute Gasteiger partial charge is 0.743 e. The molecule has 0 aromatic carbocycles. The molecule has 0 spiro atoms. The SMILES string of the molecule is O=S(=O)([O-])C(F)(F)C(F)(F)C(F)(F)C(F)(F)C(F)(F)C(F)(F)C(F)(F)C(F)CCCC(F)(F)F.[Li+]. The summed E-state index contributed by atoms with van der Waals surface area (Å²) in [6.07, 6.45) is -16.8. The summed E-state index contributed by atoms with van der Waals surface area (Å²) in [4.78, 5) is 0. The molecule has 1 atom stereocenters. The average Bonchev–Trinajstić information content (AvgIpc) is 2.58. The Morgan fingerprint density at radius 2 is 0.914 bits per heavy atom. The van der Waals surface area contributed by atoms with Crippen molar-refractivity contribution in [2.75, 3.05) is 0 Å². The first kappa shape index (κ1) is 36.4. The fourth-order valence-electron chi connectivity index (χ4n) is 2.00. The second-order valence-electron chi connectivity index (χ2n) is 6.44. The van der Waals surface area contributed by atoms with Gasteiger partial charge in [-0.25, -0.2) is 12.8 Å². The van der Waals surface area contributed by atoms with E-state index in [-0.39, 0.29) is 18.9 Å². The van der Waals surface area contributed by atoms with Gasteiger partial charge in [0.15, 0.2) is 16.3 Å². The molecule has 23 heteroatoms. The maximum Gasteiger partial charge on any atom is 1.00 e. The van der Waals surface area contributed by atoms with Crippen LogP contribution in [-0.4, -0.2) is 66.1 Å². The molecule has 206 valence electrons. The fraction of sp³-hybridized carbons (Fsp3) is 1.00. The van der Waals surface area contributed by atoms with Crippen LogP contribution in [0.2, 0.25) is 0 Å². The number of hydrogen-bond donors (Lipinski definition) is 0. The van der Waals surface area contributed by atoms with Crippen molar-refractivity contribution in [1.82, 2.24) is 0 Å². The van der Waals surface area contributed by atoms with Crippen molar-refractivity contribution in [3.63, 3.8) is 0 Å². The van der Waals surface area contributed by atoms with Crippen LogP contribution in [0.5, 0.6) is 0 Å². The van der Waals surface area contributed by atoms with E-state index in [2.05, 4.69) is 0 Å². The van der Waals surface area contributed by atoms with Gasteiger partial charge in [-0.05, 0) is 12.8 Å². The van der Waals surface area contributed by atoms with Crippen LogP contribution in [0.25, 0.3) is 0 Å². The van der Waals surface area contributed by atoms with Gasteiger partial charge in [-0.15, -0.1) is 0 Å². The molecule has 0 amide bonds. The van der Waals surface area contributed by atoms with Crippen molar-refractivity contribution in [2.45, 2.75) is 72.4 Å². The predicted molar refractivity (Wildman–Crippen MR) is 69.1 cm³/mol. The molecule has 0 fully saturated rings. The van der Waals surface area contributed by atoms with Crippen LogP contribution in [0.1, 0.15) is 19.3 Å². The molecule has 0 heterocycles. The largest absolute Gasteiger partial charge is 1.00 e. The van der Waals surface area contributed by atoms with Gasteiger partial charge in [-0.1, -0.05) is 0 Å². The summed E-state index contributed by atoms with van der Waals surface area (Å²) in [7, 11) is -8.13. The molecular formula is C12H7F18LiO3S. The van der Waals surface area contributed by atoms with Crippen molar-refractivity contribution in [1.29, 1.82) is 0 Å². The zero-order valence-electron chi connectivity index (χ0n) is 16.1. The molecule has 0 bridgehead atoms. The molecule has 3 nitrogen and oxygen atoms in total. The molecule has 1 unspecified atom stereocenters. The Kier molecular flexibility index (Phi) is 10.2. The van der Waals surface area contributed by atoms with Crippen molar-refractivity contribution >= 4 is 10.1 Å². The average molecular weight is 580 g/mol. The van der Waals surface area contributed by atoms with Crippen LogP contribution in [0.4, 0.5) is 79.0 Å². The molecule has 0 saturated heterocycles. The third kappa shape index (κ3) is 5.73. The number of alkyl halides is 18. The maximum atomic E-state index is 13.4. The third-order valence-electron chi connectivity index (χ3n) is 3.99. The first-order chi connectivity index (χ1) is 14.4. The summed E-state index contributed by atoms with van der Waals surface area (Å²) in [6.45, 7) is 0. The minimum atomic E-state index is -8.77. The topological polar surface area (TPSA) is 57.2 Å². The fourth-order valence-corrected chi connectivity index (χ4v) is 2.44. The Bertz CT molecular complexity index is 836. The summed E-state index contributed by atoms with van der Waals surface area (Å²) in [6, 6.07) is 0. The van der Waals surface area contributed by atoms with Gasteiger partial charge in [0.25, 0.3) is 0 Å². The molecule has 0 aromatic rings. The molecule has 0 radical (unpaired) electrons. The van der Waals surface area contributed by atoms with Gasteiger partial charge < -0.3 is 4.55 Å². The van der Waals surface area contributed by atoms with E-state index in [1.165, 1.54) is 0 Å². The molecule has 0 rings (SSSR count). The van der Waals surface area contributed by atoms with E-state index < -0.39 is 82.5 Å². The molecule has 35 heavy (non-hydrogen) atoms. The summed E-state index contributed by atoms with van der Waals surface area (Å²) in [5.74, 6) is -50.1. The molecule has 0 aliphatic heterocycles. The Morgan fingerprint density at radius 1 is 0.600 bits per heavy atom. The zero-order chi connectivity index (χ0) is 28.2. The number of hydrogen-bond acceptors (Lipinski definition) is 3. The minimum absolute atomic E-state index is 0. The molecule has 0 aliphatic rings. The quantitative estimate of drug-likeness (QED) is 0.215. The van der Waals surface area contributed by atoms with Gasteiger partial charge in [0.05, 0.1) is 0 Å². The number of rotatable bonds is 11. The van der Waals surface area contributed by atoms with Crippen LogP contribution in [0, 0.1) is 0 Å². The first-order valence-corrected chi connectivity index (χ1v) is 9.09. The Hall–Kier alpha value is -0.753. The van der Waals surface area contributed by atoms with E-state index in [4.69, 9.17) is 0 Å². The van der Waals surface area contributed by atoms with E-state index in [0.29, 0.717) is 0 Å². The second-order valence-corrected chi connectivity index (χ2v) is 7.86. The van der Waals surface area contributed by atoms with Crippen LogP contribution in [0.15, 0.2) is 0 Å². The summed E-state index contributed by atoms with van der Waals surface area (Å²) in [5.41, 5.74) is 0. The van der Waals surface area contributed by atoms with Gasteiger partial charge in [-0.3, -0.25) is 0 Å². The van der Waals surface area contributed by atoms with Gasteiger partial charge in [0, 0.05) is 6.42 Å². The zero-order valence-corrected chi connectivity index (χ0v) is 17.0. The molecule has 0 aliphatic carbocycles. The maximum absolute atomic E-state index is 13.4. The Balaban J connectivity index is 0. The number of halogens is 18. The van der Waals surface area contributed by atoms with E-state index in [1.807, 2.05) is 0 Å². The van der Waals surface area contributed by atoms with Gasteiger partial charge in [0.1, 0.15) is 0 Å². The minimum Gasteiger partial charge on any atom is -0.743 e. The van der Waals surface area contributed by atoms with Gasteiger partial charge in [-0.2, -0.15) is 74.6 Å². The predicted octanol–water partition coefficient (Wildman–Crippen LogP) is 3.01. The van der Waals surface area contributed by atoms with Gasteiger partial charge in [0.2, 0.25) is 0 Å². The van der Waals surface area contributed by atoms with Crippen molar-refractivity contribution in [2.24, 2.45) is 0 Å². The summed E-state index contributed by atoms with van der Waals surface area (Å²) >= 11 is 0. The molecular weight excluding hydrogens is 573 g/mol. The molecule has 0 saturated carbocycles. The summed E-state index contributed by atoms with van der Waals surface area (Å²) < 4.78 is 265. The normalized spacial score (nSPS) is 16.7. The van der Waals surface area contributed by atoms with Crippen LogP contribution in [-0.2, 0) is 10.1 Å². The van der Waals surface area contributed by atoms with Crippen LogP contribution < -0.4 is 18.9 Å². The van der Waals surface area contributed by atoms with E-state index in [9.17, 15) is 92.0 Å². The third-order valence-corrected chi connectivity index (χ3v) is 4.87. The molecule has 0 aromatic heterocycles. The molecule has 0 N–H and O–H groups in total. The Morgan fingerprint density at radius 3 is 1.23 bits per heavy atom. The van der Waals surface area contributed by atoms with Crippen LogP contribution >= 0.6 is 0 Å². The monoisotopic (exact) mass is 580 g/mol. The van der Waals surface area contributed by atoms with Crippen LogP contribution in [0.3, 0.4) is 0 Å². The summed E-state index contributed by atoms with van der Waals surface area (Å²) in [5, 5.41) is -7.92. The first-order valence-electron chi connectivity index (χ1n) is 7.69. The Labute approximate surface area is 194 Å². The second kappa shape index (κ2) is 9.85.